The van der Waals surface area contributed by atoms with Crippen LogP contribution in [0.15, 0.2) is 0 Å². The van der Waals surface area contributed by atoms with Gasteiger partial charge in [0.1, 0.15) is 12.2 Å². The topological polar surface area (TPSA) is 32.8 Å². The van der Waals surface area contributed by atoms with E-state index in [0.29, 0.717) is 0 Å². The van der Waals surface area contributed by atoms with Crippen LogP contribution in [0.25, 0.3) is 0 Å². The second-order valence-electron chi connectivity index (χ2n) is 6.48. The van der Waals surface area contributed by atoms with Gasteiger partial charge in [-0.15, -0.1) is 0 Å². The third kappa shape index (κ3) is 2.86. The zero-order chi connectivity index (χ0) is 13.3. The highest BCUT2D eigenvalue weighted by atomic mass is 16.5. The minimum Gasteiger partial charge on any atom is -0.361 e. The molecular weight excluding hydrogens is 228 g/mol. The molecule has 0 unspecified atom stereocenters. The van der Waals surface area contributed by atoms with Crippen LogP contribution in [0.2, 0.25) is 0 Å². The van der Waals surface area contributed by atoms with Crippen molar-refractivity contribution in [3.05, 3.63) is 0 Å². The Kier molecular flexibility index (Phi) is 3.97. The number of carbonyl (C=O) groups excluding carboxylic acids is 1. The maximum atomic E-state index is 11.7. The van der Waals surface area contributed by atoms with Gasteiger partial charge < -0.3 is 9.64 Å². The molecule has 2 aliphatic rings. The van der Waals surface area contributed by atoms with Crippen molar-refractivity contribution in [3.63, 3.8) is 0 Å². The van der Waals surface area contributed by atoms with Crippen molar-refractivity contribution in [1.82, 2.24) is 9.80 Å². The first-order chi connectivity index (χ1) is 8.42. The molecule has 2 heterocycles. The van der Waals surface area contributed by atoms with Crippen LogP contribution in [-0.4, -0.2) is 60.1 Å². The van der Waals surface area contributed by atoms with E-state index in [1.54, 1.807) is 0 Å². The second kappa shape index (κ2) is 5.17. The lowest BCUT2D eigenvalue weighted by Crippen LogP contribution is -2.71. The monoisotopic (exact) mass is 254 g/mol. The van der Waals surface area contributed by atoms with Gasteiger partial charge in [0, 0.05) is 19.1 Å². The molecule has 0 aromatic carbocycles. The predicted octanol–water partition coefficient (Wildman–Crippen LogP) is 1.35. The summed E-state index contributed by atoms with van der Waals surface area (Å²) in [7, 11) is 0. The molecule has 1 amide bonds. The SMILES string of the molecule is CC(C)CCN1CC2(C1)CN(C(C)C)C(=O)CO2. The minimum atomic E-state index is -0.0742. The number of nitrogens with zero attached hydrogens (tertiary/aromatic N) is 2. The molecule has 4 nitrogen and oxygen atoms in total. The van der Waals surface area contributed by atoms with Crippen molar-refractivity contribution < 1.29 is 9.53 Å². The number of amides is 1. The number of morpholine rings is 1. The molecule has 0 bridgehead atoms. The summed E-state index contributed by atoms with van der Waals surface area (Å²) in [6.07, 6.45) is 1.24. The molecule has 104 valence electrons. The van der Waals surface area contributed by atoms with Gasteiger partial charge >= 0.3 is 0 Å². The zero-order valence-electron chi connectivity index (χ0n) is 12.1. The molecule has 2 fully saturated rings. The molecule has 0 aromatic rings. The fraction of sp³-hybridized carbons (Fsp3) is 0.929. The van der Waals surface area contributed by atoms with E-state index in [0.717, 1.165) is 32.1 Å². The van der Waals surface area contributed by atoms with Crippen LogP contribution < -0.4 is 0 Å². The van der Waals surface area contributed by atoms with Crippen molar-refractivity contribution in [3.8, 4) is 0 Å². The van der Waals surface area contributed by atoms with Crippen LogP contribution >= 0.6 is 0 Å². The van der Waals surface area contributed by atoms with Crippen LogP contribution in [0.4, 0.5) is 0 Å². The van der Waals surface area contributed by atoms with E-state index in [4.69, 9.17) is 4.74 Å². The van der Waals surface area contributed by atoms with E-state index in [2.05, 4.69) is 32.6 Å². The summed E-state index contributed by atoms with van der Waals surface area (Å²) < 4.78 is 5.80. The Bertz CT molecular complexity index is 309. The zero-order valence-corrected chi connectivity index (χ0v) is 12.1. The van der Waals surface area contributed by atoms with Crippen LogP contribution in [0, 0.1) is 5.92 Å². The van der Waals surface area contributed by atoms with Crippen molar-refractivity contribution in [2.75, 3.05) is 32.8 Å². The summed E-state index contributed by atoms with van der Waals surface area (Å²) in [5.74, 6) is 0.888. The fourth-order valence-corrected chi connectivity index (χ4v) is 2.77. The van der Waals surface area contributed by atoms with Crippen LogP contribution in [0.5, 0.6) is 0 Å². The highest BCUT2D eigenvalue weighted by Crippen LogP contribution is 2.30. The molecule has 2 rings (SSSR count). The summed E-state index contributed by atoms with van der Waals surface area (Å²) in [5, 5.41) is 0. The Morgan fingerprint density at radius 2 is 1.89 bits per heavy atom. The third-order valence-corrected chi connectivity index (χ3v) is 3.95. The largest absolute Gasteiger partial charge is 0.361 e. The average Bonchev–Trinajstić information content (AvgIpc) is 2.24. The molecular formula is C14H26N2O2. The normalized spacial score (nSPS) is 24.1. The number of likely N-dealkylation sites (tertiary alicyclic amines) is 1. The van der Waals surface area contributed by atoms with Crippen LogP contribution in [0.3, 0.4) is 0 Å². The molecule has 0 saturated carbocycles. The second-order valence-corrected chi connectivity index (χ2v) is 6.48. The maximum Gasteiger partial charge on any atom is 0.248 e. The maximum absolute atomic E-state index is 11.7. The highest BCUT2D eigenvalue weighted by Gasteiger charge is 2.49. The van der Waals surface area contributed by atoms with Crippen LogP contribution in [0.1, 0.15) is 34.1 Å². The standard InChI is InChI=1S/C14H26N2O2/c1-11(2)5-6-15-8-14(9-15)10-16(12(3)4)13(17)7-18-14/h11-12H,5-10H2,1-4H3. The molecule has 1 spiro atoms. The molecule has 2 aliphatic heterocycles. The number of ether oxygens (including phenoxy) is 1. The van der Waals surface area contributed by atoms with E-state index >= 15 is 0 Å². The molecule has 0 atom stereocenters. The van der Waals surface area contributed by atoms with Crippen LogP contribution in [-0.2, 0) is 9.53 Å². The van der Waals surface area contributed by atoms with Gasteiger partial charge in [-0.3, -0.25) is 9.69 Å². The number of carbonyl (C=O) groups is 1. The minimum absolute atomic E-state index is 0.0742. The number of hydrogen-bond donors (Lipinski definition) is 0. The van der Waals surface area contributed by atoms with E-state index in [-0.39, 0.29) is 24.2 Å². The van der Waals surface area contributed by atoms with Gasteiger partial charge in [-0.05, 0) is 32.7 Å². The summed E-state index contributed by atoms with van der Waals surface area (Å²) >= 11 is 0. The lowest BCUT2D eigenvalue weighted by molar-refractivity contribution is -0.197. The molecule has 0 radical (unpaired) electrons. The summed E-state index contributed by atoms with van der Waals surface area (Å²) in [5.41, 5.74) is -0.0742. The average molecular weight is 254 g/mol. The Morgan fingerprint density at radius 1 is 1.22 bits per heavy atom. The van der Waals surface area contributed by atoms with Crippen molar-refractivity contribution in [2.45, 2.75) is 45.8 Å². The third-order valence-electron chi connectivity index (χ3n) is 3.95. The quantitative estimate of drug-likeness (QED) is 0.759. The first-order valence-corrected chi connectivity index (χ1v) is 7.08. The van der Waals surface area contributed by atoms with Gasteiger partial charge in [-0.2, -0.15) is 0 Å². The van der Waals surface area contributed by atoms with Gasteiger partial charge in [-0.1, -0.05) is 13.8 Å². The van der Waals surface area contributed by atoms with E-state index in [9.17, 15) is 4.79 Å². The molecule has 18 heavy (non-hydrogen) atoms. The first-order valence-electron chi connectivity index (χ1n) is 7.08. The predicted molar refractivity (Wildman–Crippen MR) is 71.4 cm³/mol. The van der Waals surface area contributed by atoms with Gasteiger partial charge in [0.15, 0.2) is 0 Å². The number of rotatable bonds is 4. The molecule has 0 aromatic heterocycles. The molecule has 2 saturated heterocycles. The number of hydrogen-bond acceptors (Lipinski definition) is 3. The Balaban J connectivity index is 1.83. The van der Waals surface area contributed by atoms with E-state index < -0.39 is 0 Å². The van der Waals surface area contributed by atoms with Gasteiger partial charge in [-0.25, -0.2) is 0 Å². The first kappa shape index (κ1) is 13.8. The Labute approximate surface area is 110 Å². The van der Waals surface area contributed by atoms with Gasteiger partial charge in [0.25, 0.3) is 0 Å². The van der Waals surface area contributed by atoms with Gasteiger partial charge in [0.2, 0.25) is 5.91 Å². The molecule has 4 heteroatoms. The Morgan fingerprint density at radius 3 is 2.44 bits per heavy atom. The van der Waals surface area contributed by atoms with Crippen molar-refractivity contribution in [2.24, 2.45) is 5.92 Å². The van der Waals surface area contributed by atoms with E-state index in [1.165, 1.54) is 6.42 Å². The lowest BCUT2D eigenvalue weighted by Gasteiger charge is -2.54. The molecule has 0 N–H and O–H groups in total. The fourth-order valence-electron chi connectivity index (χ4n) is 2.77. The Hall–Kier alpha value is -0.610. The lowest BCUT2D eigenvalue weighted by atomic mass is 9.90. The summed E-state index contributed by atoms with van der Waals surface area (Å²) in [6, 6.07) is 0.281. The summed E-state index contributed by atoms with van der Waals surface area (Å²) in [6.45, 7) is 12.8. The van der Waals surface area contributed by atoms with E-state index in [1.807, 2.05) is 4.90 Å². The highest BCUT2D eigenvalue weighted by molar-refractivity contribution is 5.78. The molecule has 0 aliphatic carbocycles. The summed E-state index contributed by atoms with van der Waals surface area (Å²) in [4.78, 5) is 16.1. The van der Waals surface area contributed by atoms with Crippen molar-refractivity contribution in [1.29, 1.82) is 0 Å². The van der Waals surface area contributed by atoms with Crippen molar-refractivity contribution >= 4 is 5.91 Å². The van der Waals surface area contributed by atoms with Gasteiger partial charge in [0.05, 0.1) is 6.54 Å². The smallest absolute Gasteiger partial charge is 0.248 e.